The van der Waals surface area contributed by atoms with Gasteiger partial charge in [0.1, 0.15) is 0 Å². The molecule has 0 aromatic heterocycles. The molecule has 1 aromatic carbocycles. The van der Waals surface area contributed by atoms with E-state index in [1.54, 1.807) is 0 Å². The van der Waals surface area contributed by atoms with Crippen LogP contribution in [-0.2, 0) is 10.2 Å². The Bertz CT molecular complexity index is 549. The molecule has 1 aliphatic heterocycles. The van der Waals surface area contributed by atoms with E-state index in [1.807, 2.05) is 7.05 Å². The number of nitrogens with one attached hydrogen (secondary N) is 1. The van der Waals surface area contributed by atoms with Crippen LogP contribution in [0.15, 0.2) is 18.2 Å². The van der Waals surface area contributed by atoms with Crippen LogP contribution in [0.1, 0.15) is 48.8 Å². The number of rotatable bonds is 5. The van der Waals surface area contributed by atoms with Crippen LogP contribution in [0.4, 0.5) is 0 Å². The zero-order valence-corrected chi connectivity index (χ0v) is 14.8. The standard InChI is InChI=1S/C20H30N2O/c1-15-12-16(2)14-18(13-15)20(7-8-20)19(23)22-10-5-17(6-11-22)4-9-21-3/h12-14,17,21H,4-11H2,1-3H3. The molecule has 2 aliphatic rings. The smallest absolute Gasteiger partial charge is 0.233 e. The number of aryl methyl sites for hydroxylation is 2. The minimum atomic E-state index is -0.200. The number of hydrogen-bond acceptors (Lipinski definition) is 2. The van der Waals surface area contributed by atoms with Crippen LogP contribution in [0, 0.1) is 19.8 Å². The predicted octanol–water partition coefficient (Wildman–Crippen LogP) is 3.18. The molecule has 3 rings (SSSR count). The topological polar surface area (TPSA) is 32.3 Å². The second kappa shape index (κ2) is 6.64. The van der Waals surface area contributed by atoms with Gasteiger partial charge in [0, 0.05) is 13.1 Å². The maximum Gasteiger partial charge on any atom is 0.233 e. The number of nitrogens with zero attached hydrogens (tertiary/aromatic N) is 1. The summed E-state index contributed by atoms with van der Waals surface area (Å²) < 4.78 is 0. The largest absolute Gasteiger partial charge is 0.342 e. The molecule has 1 saturated carbocycles. The molecule has 1 N–H and O–H groups in total. The fourth-order valence-corrected chi connectivity index (χ4v) is 4.08. The highest BCUT2D eigenvalue weighted by Crippen LogP contribution is 2.50. The molecular weight excluding hydrogens is 284 g/mol. The molecule has 1 aliphatic carbocycles. The van der Waals surface area contributed by atoms with Crippen molar-refractivity contribution < 1.29 is 4.79 Å². The second-order valence-electron chi connectivity index (χ2n) is 7.59. The van der Waals surface area contributed by atoms with Gasteiger partial charge >= 0.3 is 0 Å². The van der Waals surface area contributed by atoms with E-state index in [1.165, 1.54) is 23.1 Å². The van der Waals surface area contributed by atoms with Crippen molar-refractivity contribution in [1.29, 1.82) is 0 Å². The third-order valence-electron chi connectivity index (χ3n) is 5.64. The van der Waals surface area contributed by atoms with E-state index >= 15 is 0 Å². The Morgan fingerprint density at radius 1 is 1.17 bits per heavy atom. The Balaban J connectivity index is 1.66. The van der Waals surface area contributed by atoms with E-state index < -0.39 is 0 Å². The van der Waals surface area contributed by atoms with E-state index in [-0.39, 0.29) is 5.41 Å². The van der Waals surface area contributed by atoms with Crippen molar-refractivity contribution in [3.63, 3.8) is 0 Å². The van der Waals surface area contributed by atoms with Gasteiger partial charge in [0.05, 0.1) is 5.41 Å². The Morgan fingerprint density at radius 3 is 2.30 bits per heavy atom. The Labute approximate surface area is 140 Å². The van der Waals surface area contributed by atoms with E-state index in [2.05, 4.69) is 42.3 Å². The highest BCUT2D eigenvalue weighted by atomic mass is 16.2. The lowest BCUT2D eigenvalue weighted by Gasteiger charge is -2.34. The zero-order valence-electron chi connectivity index (χ0n) is 14.8. The predicted molar refractivity (Wildman–Crippen MR) is 94.7 cm³/mol. The maximum absolute atomic E-state index is 13.1. The first-order chi connectivity index (χ1) is 11.0. The summed E-state index contributed by atoms with van der Waals surface area (Å²) in [6.45, 7) is 7.24. The van der Waals surface area contributed by atoms with Gasteiger partial charge in [-0.1, -0.05) is 29.3 Å². The minimum absolute atomic E-state index is 0.200. The average Bonchev–Trinajstić information content (AvgIpc) is 3.34. The quantitative estimate of drug-likeness (QED) is 0.905. The third kappa shape index (κ3) is 3.45. The molecule has 126 valence electrons. The van der Waals surface area contributed by atoms with Crippen LogP contribution in [0.3, 0.4) is 0 Å². The molecule has 0 spiro atoms. The summed E-state index contributed by atoms with van der Waals surface area (Å²) >= 11 is 0. The molecule has 3 heteroatoms. The molecule has 0 atom stereocenters. The Kier molecular flexibility index (Phi) is 4.77. The molecule has 0 unspecified atom stereocenters. The van der Waals surface area contributed by atoms with Crippen molar-refractivity contribution in [3.05, 3.63) is 34.9 Å². The van der Waals surface area contributed by atoms with Gasteiger partial charge in [-0.2, -0.15) is 0 Å². The lowest BCUT2D eigenvalue weighted by molar-refractivity contribution is -0.135. The first kappa shape index (κ1) is 16.5. The molecule has 0 radical (unpaired) electrons. The number of benzene rings is 1. The van der Waals surface area contributed by atoms with Crippen molar-refractivity contribution in [2.24, 2.45) is 5.92 Å². The van der Waals surface area contributed by atoms with Crippen LogP contribution in [0.2, 0.25) is 0 Å². The number of amides is 1. The number of carbonyl (C=O) groups excluding carboxylic acids is 1. The van der Waals surface area contributed by atoms with E-state index in [0.717, 1.165) is 51.2 Å². The number of carbonyl (C=O) groups is 1. The van der Waals surface area contributed by atoms with Gasteiger partial charge in [0.2, 0.25) is 5.91 Å². The van der Waals surface area contributed by atoms with Crippen molar-refractivity contribution in [2.45, 2.75) is 51.4 Å². The molecule has 1 amide bonds. The number of likely N-dealkylation sites (tertiary alicyclic amines) is 1. The average molecular weight is 314 g/mol. The van der Waals surface area contributed by atoms with Gasteiger partial charge in [-0.05, 0) is 71.0 Å². The van der Waals surface area contributed by atoms with E-state index in [4.69, 9.17) is 0 Å². The normalized spacial score (nSPS) is 20.6. The van der Waals surface area contributed by atoms with Gasteiger partial charge in [-0.3, -0.25) is 4.79 Å². The summed E-state index contributed by atoms with van der Waals surface area (Å²) in [7, 11) is 2.01. The second-order valence-corrected chi connectivity index (χ2v) is 7.59. The molecule has 2 fully saturated rings. The van der Waals surface area contributed by atoms with Crippen molar-refractivity contribution >= 4 is 5.91 Å². The van der Waals surface area contributed by atoms with Crippen LogP contribution in [0.25, 0.3) is 0 Å². The monoisotopic (exact) mass is 314 g/mol. The molecule has 1 saturated heterocycles. The SMILES string of the molecule is CNCCC1CCN(C(=O)C2(c3cc(C)cc(C)c3)CC2)CC1. The Morgan fingerprint density at radius 2 is 1.78 bits per heavy atom. The summed E-state index contributed by atoms with van der Waals surface area (Å²) in [4.78, 5) is 15.3. The highest BCUT2D eigenvalue weighted by Gasteiger charge is 2.53. The maximum atomic E-state index is 13.1. The van der Waals surface area contributed by atoms with Crippen molar-refractivity contribution in [2.75, 3.05) is 26.7 Å². The third-order valence-corrected chi connectivity index (χ3v) is 5.64. The molecule has 3 nitrogen and oxygen atoms in total. The molecule has 1 heterocycles. The number of hydrogen-bond donors (Lipinski definition) is 1. The van der Waals surface area contributed by atoms with Crippen LogP contribution >= 0.6 is 0 Å². The minimum Gasteiger partial charge on any atom is -0.342 e. The summed E-state index contributed by atoms with van der Waals surface area (Å²) in [5.41, 5.74) is 3.58. The Hall–Kier alpha value is -1.35. The highest BCUT2D eigenvalue weighted by molar-refractivity contribution is 5.91. The van der Waals surface area contributed by atoms with Crippen LogP contribution in [0.5, 0.6) is 0 Å². The lowest BCUT2D eigenvalue weighted by atomic mass is 9.89. The summed E-state index contributed by atoms with van der Waals surface area (Å²) in [6, 6.07) is 6.63. The van der Waals surface area contributed by atoms with Gasteiger partial charge in [-0.25, -0.2) is 0 Å². The molecular formula is C20H30N2O. The van der Waals surface area contributed by atoms with Crippen LogP contribution < -0.4 is 5.32 Å². The summed E-state index contributed by atoms with van der Waals surface area (Å²) in [5.74, 6) is 1.16. The summed E-state index contributed by atoms with van der Waals surface area (Å²) in [6.07, 6.45) is 5.61. The lowest BCUT2D eigenvalue weighted by Crippen LogP contribution is -2.44. The molecule has 23 heavy (non-hydrogen) atoms. The van der Waals surface area contributed by atoms with Gasteiger partial charge < -0.3 is 10.2 Å². The van der Waals surface area contributed by atoms with Crippen molar-refractivity contribution in [1.82, 2.24) is 10.2 Å². The van der Waals surface area contributed by atoms with Gasteiger partial charge in [0.15, 0.2) is 0 Å². The molecule has 1 aromatic rings. The fourth-order valence-electron chi connectivity index (χ4n) is 4.08. The van der Waals surface area contributed by atoms with E-state index in [9.17, 15) is 4.79 Å². The van der Waals surface area contributed by atoms with Crippen LogP contribution in [-0.4, -0.2) is 37.5 Å². The first-order valence-electron chi connectivity index (χ1n) is 9.08. The number of piperidine rings is 1. The first-order valence-corrected chi connectivity index (χ1v) is 9.08. The van der Waals surface area contributed by atoms with Crippen molar-refractivity contribution in [3.8, 4) is 0 Å². The van der Waals surface area contributed by atoms with E-state index in [0.29, 0.717) is 5.91 Å². The fraction of sp³-hybridized carbons (Fsp3) is 0.650. The molecule has 0 bridgehead atoms. The summed E-state index contributed by atoms with van der Waals surface area (Å²) in [5, 5.41) is 3.23. The van der Waals surface area contributed by atoms with Gasteiger partial charge in [0.25, 0.3) is 0 Å². The van der Waals surface area contributed by atoms with Gasteiger partial charge in [-0.15, -0.1) is 0 Å². The zero-order chi connectivity index (χ0) is 16.4.